The fourth-order valence-corrected chi connectivity index (χ4v) is 2.64. The van der Waals surface area contributed by atoms with E-state index in [4.69, 9.17) is 4.74 Å². The van der Waals surface area contributed by atoms with Crippen LogP contribution in [0.5, 0.6) is 0 Å². The molecule has 0 radical (unpaired) electrons. The number of aliphatic imine (C=N–C) groups is 1. The van der Waals surface area contributed by atoms with Crippen LogP contribution in [-0.4, -0.2) is 24.0 Å². The van der Waals surface area contributed by atoms with Gasteiger partial charge < -0.3 is 10.1 Å². The molecule has 1 aliphatic carbocycles. The van der Waals surface area contributed by atoms with Crippen molar-refractivity contribution in [3.8, 4) is 0 Å². The van der Waals surface area contributed by atoms with Crippen LogP contribution < -0.4 is 5.32 Å². The van der Waals surface area contributed by atoms with Crippen molar-refractivity contribution in [3.05, 3.63) is 30.3 Å². The van der Waals surface area contributed by atoms with Crippen molar-refractivity contribution >= 4 is 18.0 Å². The summed E-state index contributed by atoms with van der Waals surface area (Å²) in [5.74, 6) is 0.376. The molecule has 4 heteroatoms. The number of hydrogen-bond acceptors (Lipinski definition) is 3. The lowest BCUT2D eigenvalue weighted by Crippen LogP contribution is -2.27. The lowest BCUT2D eigenvalue weighted by Gasteiger charge is -2.27. The Hall–Kier alpha value is -1.84. The Morgan fingerprint density at radius 1 is 1.18 bits per heavy atom. The van der Waals surface area contributed by atoms with Crippen LogP contribution in [0.25, 0.3) is 0 Å². The fourth-order valence-electron chi connectivity index (χ4n) is 2.64. The zero-order valence-corrected chi connectivity index (χ0v) is 13.7. The molecule has 0 aliphatic heterocycles. The van der Waals surface area contributed by atoms with E-state index in [0.29, 0.717) is 12.0 Å². The summed E-state index contributed by atoms with van der Waals surface area (Å²) in [5.41, 5.74) is 0.694. The Labute approximate surface area is 133 Å². The third-order valence-corrected chi connectivity index (χ3v) is 3.70. The molecule has 0 bridgehead atoms. The SMILES string of the molecule is CC(C)(C)OC(=O)/N=C/C1CCC(Nc2ccccc2)CC1. The van der Waals surface area contributed by atoms with Crippen molar-refractivity contribution in [2.24, 2.45) is 10.9 Å². The van der Waals surface area contributed by atoms with Crippen LogP contribution in [0.4, 0.5) is 10.5 Å². The molecule has 1 saturated carbocycles. The minimum atomic E-state index is -0.489. The van der Waals surface area contributed by atoms with Gasteiger partial charge in [-0.15, -0.1) is 0 Å². The van der Waals surface area contributed by atoms with Crippen molar-refractivity contribution in [1.82, 2.24) is 0 Å². The van der Waals surface area contributed by atoms with Gasteiger partial charge in [0.1, 0.15) is 5.60 Å². The highest BCUT2D eigenvalue weighted by atomic mass is 16.6. The topological polar surface area (TPSA) is 50.7 Å². The second-order valence-electron chi connectivity index (χ2n) is 6.88. The molecule has 1 aliphatic rings. The summed E-state index contributed by atoms with van der Waals surface area (Å²) in [6.45, 7) is 5.54. The molecule has 1 fully saturated rings. The molecule has 1 N–H and O–H groups in total. The van der Waals surface area contributed by atoms with Gasteiger partial charge in [0.05, 0.1) is 0 Å². The van der Waals surface area contributed by atoms with Gasteiger partial charge in [-0.3, -0.25) is 0 Å². The molecule has 0 saturated heterocycles. The normalized spacial score (nSPS) is 22.5. The molecule has 0 aromatic heterocycles. The summed E-state index contributed by atoms with van der Waals surface area (Å²) in [7, 11) is 0. The largest absolute Gasteiger partial charge is 0.442 e. The highest BCUT2D eigenvalue weighted by Gasteiger charge is 2.21. The average Bonchev–Trinajstić information content (AvgIpc) is 2.46. The number of benzene rings is 1. The van der Waals surface area contributed by atoms with E-state index in [-0.39, 0.29) is 0 Å². The van der Waals surface area contributed by atoms with Crippen molar-refractivity contribution in [3.63, 3.8) is 0 Å². The van der Waals surface area contributed by atoms with Crippen molar-refractivity contribution in [1.29, 1.82) is 0 Å². The van der Waals surface area contributed by atoms with Crippen LogP contribution >= 0.6 is 0 Å². The highest BCUT2D eigenvalue weighted by molar-refractivity contribution is 5.80. The van der Waals surface area contributed by atoms with E-state index in [9.17, 15) is 4.79 Å². The summed E-state index contributed by atoms with van der Waals surface area (Å²) < 4.78 is 5.18. The number of para-hydroxylation sites is 1. The van der Waals surface area contributed by atoms with Gasteiger partial charge in [0.15, 0.2) is 0 Å². The van der Waals surface area contributed by atoms with E-state index in [0.717, 1.165) is 25.7 Å². The van der Waals surface area contributed by atoms with Crippen LogP contribution in [0.2, 0.25) is 0 Å². The minimum Gasteiger partial charge on any atom is -0.442 e. The van der Waals surface area contributed by atoms with Gasteiger partial charge in [-0.05, 0) is 64.5 Å². The third-order valence-electron chi connectivity index (χ3n) is 3.70. The monoisotopic (exact) mass is 302 g/mol. The Balaban J connectivity index is 1.74. The van der Waals surface area contributed by atoms with Gasteiger partial charge in [-0.2, -0.15) is 4.99 Å². The zero-order chi connectivity index (χ0) is 16.0. The number of carbonyl (C=O) groups excluding carboxylic acids is 1. The second kappa shape index (κ2) is 7.43. The molecule has 1 aromatic rings. The fraction of sp³-hybridized carbons (Fsp3) is 0.556. The molecule has 0 spiro atoms. The van der Waals surface area contributed by atoms with E-state index >= 15 is 0 Å². The molecular weight excluding hydrogens is 276 g/mol. The first kappa shape index (κ1) is 16.5. The van der Waals surface area contributed by atoms with E-state index in [1.165, 1.54) is 5.69 Å². The first-order valence-corrected chi connectivity index (χ1v) is 8.01. The number of rotatable bonds is 3. The Kier molecular flexibility index (Phi) is 5.58. The summed E-state index contributed by atoms with van der Waals surface area (Å²) >= 11 is 0. The van der Waals surface area contributed by atoms with E-state index < -0.39 is 11.7 Å². The maximum atomic E-state index is 11.6. The number of nitrogens with one attached hydrogen (secondary N) is 1. The number of ether oxygens (including phenoxy) is 1. The molecule has 22 heavy (non-hydrogen) atoms. The second-order valence-corrected chi connectivity index (χ2v) is 6.88. The molecule has 2 rings (SSSR count). The lowest BCUT2D eigenvalue weighted by atomic mass is 9.86. The standard InChI is InChI=1S/C18H26N2O2/c1-18(2,3)22-17(21)19-13-14-9-11-16(12-10-14)20-15-7-5-4-6-8-15/h4-8,13-14,16,20H,9-12H2,1-3H3/b19-13+. The number of amides is 1. The van der Waals surface area contributed by atoms with Crippen LogP contribution in [0.15, 0.2) is 35.3 Å². The molecule has 4 nitrogen and oxygen atoms in total. The molecule has 0 unspecified atom stereocenters. The van der Waals surface area contributed by atoms with Gasteiger partial charge in [0.2, 0.25) is 0 Å². The molecule has 1 amide bonds. The van der Waals surface area contributed by atoms with Gasteiger partial charge in [0, 0.05) is 17.9 Å². The summed E-state index contributed by atoms with van der Waals surface area (Å²) in [6.07, 6.45) is 5.58. The molecule has 1 aromatic carbocycles. The van der Waals surface area contributed by atoms with Crippen LogP contribution in [0, 0.1) is 5.92 Å². The molecular formula is C18H26N2O2. The van der Waals surface area contributed by atoms with Gasteiger partial charge in [0.25, 0.3) is 0 Å². The maximum absolute atomic E-state index is 11.6. The van der Waals surface area contributed by atoms with Gasteiger partial charge in [-0.25, -0.2) is 4.79 Å². The Bertz CT molecular complexity index is 498. The molecule has 120 valence electrons. The smallest absolute Gasteiger partial charge is 0.433 e. The first-order valence-electron chi connectivity index (χ1n) is 8.01. The van der Waals surface area contributed by atoms with Gasteiger partial charge in [-0.1, -0.05) is 18.2 Å². The Morgan fingerprint density at radius 3 is 2.41 bits per heavy atom. The van der Waals surface area contributed by atoms with E-state index in [1.807, 2.05) is 39.0 Å². The third kappa shape index (κ3) is 5.88. The predicted octanol–water partition coefficient (Wildman–Crippen LogP) is 4.66. The molecule has 0 atom stereocenters. The van der Waals surface area contributed by atoms with Crippen molar-refractivity contribution in [2.75, 3.05) is 5.32 Å². The highest BCUT2D eigenvalue weighted by Crippen LogP contribution is 2.25. The Morgan fingerprint density at radius 2 is 1.82 bits per heavy atom. The van der Waals surface area contributed by atoms with Crippen molar-refractivity contribution in [2.45, 2.75) is 58.1 Å². The zero-order valence-electron chi connectivity index (χ0n) is 13.7. The number of anilines is 1. The first-order chi connectivity index (χ1) is 10.4. The maximum Gasteiger partial charge on any atom is 0.433 e. The average molecular weight is 302 g/mol. The quantitative estimate of drug-likeness (QED) is 0.826. The van der Waals surface area contributed by atoms with E-state index in [2.05, 4.69) is 22.4 Å². The summed E-state index contributed by atoms with van der Waals surface area (Å²) in [6, 6.07) is 10.8. The van der Waals surface area contributed by atoms with Crippen LogP contribution in [0.3, 0.4) is 0 Å². The predicted molar refractivity (Wildman–Crippen MR) is 90.5 cm³/mol. The minimum absolute atomic E-state index is 0.376. The lowest BCUT2D eigenvalue weighted by molar-refractivity contribution is 0.0604. The van der Waals surface area contributed by atoms with E-state index in [1.54, 1.807) is 6.21 Å². The van der Waals surface area contributed by atoms with Crippen molar-refractivity contribution < 1.29 is 9.53 Å². The summed E-state index contributed by atoms with van der Waals surface area (Å²) in [4.78, 5) is 15.5. The number of carbonyl (C=O) groups is 1. The van der Waals surface area contributed by atoms with Gasteiger partial charge >= 0.3 is 6.09 Å². The molecule has 0 heterocycles. The number of hydrogen-bond donors (Lipinski definition) is 1. The number of nitrogens with zero attached hydrogens (tertiary/aromatic N) is 1. The van der Waals surface area contributed by atoms with Crippen LogP contribution in [-0.2, 0) is 4.74 Å². The van der Waals surface area contributed by atoms with Crippen LogP contribution in [0.1, 0.15) is 46.5 Å². The summed E-state index contributed by atoms with van der Waals surface area (Å²) in [5, 5.41) is 3.56.